The van der Waals surface area contributed by atoms with Crippen molar-refractivity contribution >= 4 is 17.2 Å². The summed E-state index contributed by atoms with van der Waals surface area (Å²) in [6, 6.07) is 2.08. The van der Waals surface area contributed by atoms with Gasteiger partial charge in [0.05, 0.1) is 25.7 Å². The number of amides is 1. The molecule has 0 saturated heterocycles. The summed E-state index contributed by atoms with van der Waals surface area (Å²) in [6.07, 6.45) is 3.13. The number of hydrogen-bond acceptors (Lipinski definition) is 4. The quantitative estimate of drug-likeness (QED) is 0.765. The van der Waals surface area contributed by atoms with Crippen molar-refractivity contribution in [3.63, 3.8) is 0 Å². The molecule has 1 aliphatic carbocycles. The molecule has 1 unspecified atom stereocenters. The van der Waals surface area contributed by atoms with Crippen LogP contribution in [0.25, 0.3) is 0 Å². The van der Waals surface area contributed by atoms with Crippen LogP contribution in [0.2, 0.25) is 0 Å². The molecule has 0 radical (unpaired) electrons. The molecule has 1 aromatic rings. The smallest absolute Gasteiger partial charge is 0.227 e. The van der Waals surface area contributed by atoms with E-state index in [0.717, 1.165) is 19.3 Å². The van der Waals surface area contributed by atoms with Crippen LogP contribution < -0.4 is 5.32 Å². The number of rotatable bonds is 6. The molecule has 5 heteroatoms. The number of carbonyl (C=O) groups excluding carboxylic acids is 1. The Kier molecular flexibility index (Phi) is 5.16. The zero-order valence-corrected chi connectivity index (χ0v) is 11.2. The molecule has 1 aliphatic rings. The Labute approximate surface area is 111 Å². The van der Waals surface area contributed by atoms with Crippen LogP contribution in [0.4, 0.5) is 0 Å². The number of nitrogens with one attached hydrogen (secondary N) is 1. The van der Waals surface area contributed by atoms with Crippen LogP contribution >= 0.6 is 11.3 Å². The average Bonchev–Trinajstić information content (AvgIpc) is 2.86. The molecule has 1 aromatic heterocycles. The summed E-state index contributed by atoms with van der Waals surface area (Å²) in [5.41, 5.74) is 1.21. The van der Waals surface area contributed by atoms with E-state index < -0.39 is 0 Å². The topological polar surface area (TPSA) is 58.6 Å². The lowest BCUT2D eigenvalue weighted by Gasteiger charge is -2.21. The Hall–Kier alpha value is -0.910. The van der Waals surface area contributed by atoms with E-state index in [1.165, 1.54) is 10.4 Å². The first-order valence-corrected chi connectivity index (χ1v) is 7.23. The summed E-state index contributed by atoms with van der Waals surface area (Å²) < 4.78 is 5.11. The van der Waals surface area contributed by atoms with Crippen molar-refractivity contribution in [3.05, 3.63) is 21.9 Å². The second kappa shape index (κ2) is 6.87. The van der Waals surface area contributed by atoms with Crippen LogP contribution in [0.15, 0.2) is 11.4 Å². The van der Waals surface area contributed by atoms with Crippen molar-refractivity contribution in [3.8, 4) is 0 Å². The third-order valence-electron chi connectivity index (χ3n) is 3.15. The fraction of sp³-hybridized carbons (Fsp3) is 0.615. The SMILES string of the molecule is O=C(NCCOCCO)C1CCCc2sccc21. The van der Waals surface area contributed by atoms with Crippen LogP contribution in [-0.4, -0.2) is 37.4 Å². The van der Waals surface area contributed by atoms with Gasteiger partial charge in [-0.05, 0) is 36.3 Å². The number of fused-ring (bicyclic) bond motifs is 1. The van der Waals surface area contributed by atoms with E-state index in [9.17, 15) is 4.79 Å². The highest BCUT2D eigenvalue weighted by molar-refractivity contribution is 7.10. The molecule has 18 heavy (non-hydrogen) atoms. The molecular formula is C13H19NO3S. The Morgan fingerprint density at radius 3 is 3.28 bits per heavy atom. The van der Waals surface area contributed by atoms with E-state index >= 15 is 0 Å². The van der Waals surface area contributed by atoms with Gasteiger partial charge in [-0.25, -0.2) is 0 Å². The molecule has 2 N–H and O–H groups in total. The lowest BCUT2D eigenvalue weighted by Crippen LogP contribution is -2.33. The van der Waals surface area contributed by atoms with Crippen molar-refractivity contribution < 1.29 is 14.6 Å². The first-order chi connectivity index (χ1) is 8.83. The molecule has 0 spiro atoms. The summed E-state index contributed by atoms with van der Waals surface area (Å²) >= 11 is 1.75. The van der Waals surface area contributed by atoms with Crippen molar-refractivity contribution in [2.24, 2.45) is 0 Å². The van der Waals surface area contributed by atoms with Crippen LogP contribution in [0, 0.1) is 0 Å². The second-order valence-corrected chi connectivity index (χ2v) is 5.37. The highest BCUT2D eigenvalue weighted by Gasteiger charge is 2.26. The highest BCUT2D eigenvalue weighted by atomic mass is 32.1. The molecule has 0 bridgehead atoms. The summed E-state index contributed by atoms with van der Waals surface area (Å²) in [7, 11) is 0. The van der Waals surface area contributed by atoms with Gasteiger partial charge < -0.3 is 15.2 Å². The van der Waals surface area contributed by atoms with Gasteiger partial charge in [-0.15, -0.1) is 11.3 Å². The Bertz CT molecular complexity index is 391. The van der Waals surface area contributed by atoms with Crippen LogP contribution in [0.5, 0.6) is 0 Å². The van der Waals surface area contributed by atoms with Crippen LogP contribution in [0.1, 0.15) is 29.2 Å². The molecule has 4 nitrogen and oxygen atoms in total. The number of aryl methyl sites for hydroxylation is 1. The van der Waals surface area contributed by atoms with E-state index in [-0.39, 0.29) is 18.4 Å². The minimum Gasteiger partial charge on any atom is -0.394 e. The second-order valence-electron chi connectivity index (χ2n) is 4.37. The lowest BCUT2D eigenvalue weighted by atomic mass is 9.87. The minimum atomic E-state index is 0.0119. The molecule has 100 valence electrons. The van der Waals surface area contributed by atoms with Crippen molar-refractivity contribution in [1.29, 1.82) is 0 Å². The normalized spacial score (nSPS) is 18.4. The number of hydrogen-bond donors (Lipinski definition) is 2. The number of aliphatic hydroxyl groups excluding tert-OH is 1. The largest absolute Gasteiger partial charge is 0.394 e. The molecule has 0 aliphatic heterocycles. The Morgan fingerprint density at radius 1 is 1.56 bits per heavy atom. The average molecular weight is 269 g/mol. The summed E-state index contributed by atoms with van der Waals surface area (Å²) in [4.78, 5) is 13.4. The summed E-state index contributed by atoms with van der Waals surface area (Å²) in [6.45, 7) is 1.31. The molecular weight excluding hydrogens is 250 g/mol. The monoisotopic (exact) mass is 269 g/mol. The maximum absolute atomic E-state index is 12.1. The fourth-order valence-electron chi connectivity index (χ4n) is 2.29. The molecule has 2 rings (SSSR count). The van der Waals surface area contributed by atoms with E-state index in [1.807, 2.05) is 0 Å². The predicted molar refractivity (Wildman–Crippen MR) is 70.9 cm³/mol. The van der Waals surface area contributed by atoms with Crippen molar-refractivity contribution in [2.75, 3.05) is 26.4 Å². The predicted octanol–water partition coefficient (Wildman–Crippen LogP) is 1.29. The van der Waals surface area contributed by atoms with E-state index in [4.69, 9.17) is 9.84 Å². The zero-order chi connectivity index (χ0) is 12.8. The lowest BCUT2D eigenvalue weighted by molar-refractivity contribution is -0.123. The number of thiophene rings is 1. The maximum atomic E-state index is 12.1. The van der Waals surface area contributed by atoms with E-state index in [2.05, 4.69) is 16.8 Å². The van der Waals surface area contributed by atoms with Crippen LogP contribution in [-0.2, 0) is 16.0 Å². The standard InChI is InChI=1S/C13H19NO3S/c15-6-8-17-7-5-14-13(16)11-2-1-3-12-10(11)4-9-18-12/h4,9,11,15H,1-3,5-8H2,(H,14,16). The van der Waals surface area contributed by atoms with E-state index in [1.54, 1.807) is 11.3 Å². The van der Waals surface area contributed by atoms with Gasteiger partial charge in [-0.1, -0.05) is 0 Å². The van der Waals surface area contributed by atoms with Gasteiger partial charge in [0, 0.05) is 11.4 Å². The first-order valence-electron chi connectivity index (χ1n) is 6.35. The van der Waals surface area contributed by atoms with Gasteiger partial charge >= 0.3 is 0 Å². The summed E-state index contributed by atoms with van der Waals surface area (Å²) in [5.74, 6) is 0.111. The zero-order valence-electron chi connectivity index (χ0n) is 10.4. The highest BCUT2D eigenvalue weighted by Crippen LogP contribution is 2.34. The Morgan fingerprint density at radius 2 is 2.44 bits per heavy atom. The van der Waals surface area contributed by atoms with Gasteiger partial charge in [-0.3, -0.25) is 4.79 Å². The van der Waals surface area contributed by atoms with Crippen molar-refractivity contribution in [1.82, 2.24) is 5.32 Å². The van der Waals surface area contributed by atoms with Gasteiger partial charge in [0.2, 0.25) is 5.91 Å². The number of aliphatic hydroxyl groups is 1. The molecule has 0 fully saturated rings. The molecule has 1 amide bonds. The molecule has 0 aromatic carbocycles. The third kappa shape index (κ3) is 3.31. The molecule has 1 heterocycles. The number of carbonyl (C=O) groups is 1. The van der Waals surface area contributed by atoms with Crippen LogP contribution in [0.3, 0.4) is 0 Å². The molecule has 1 atom stereocenters. The van der Waals surface area contributed by atoms with Gasteiger partial charge in [-0.2, -0.15) is 0 Å². The summed E-state index contributed by atoms with van der Waals surface area (Å²) in [5, 5.41) is 13.5. The maximum Gasteiger partial charge on any atom is 0.227 e. The van der Waals surface area contributed by atoms with Gasteiger partial charge in [0.1, 0.15) is 0 Å². The van der Waals surface area contributed by atoms with Gasteiger partial charge in [0.25, 0.3) is 0 Å². The van der Waals surface area contributed by atoms with Gasteiger partial charge in [0.15, 0.2) is 0 Å². The Balaban J connectivity index is 1.80. The van der Waals surface area contributed by atoms with Crippen molar-refractivity contribution in [2.45, 2.75) is 25.2 Å². The minimum absolute atomic E-state index is 0.0119. The number of ether oxygens (including phenoxy) is 1. The first kappa shape index (κ1) is 13.5. The van der Waals surface area contributed by atoms with E-state index in [0.29, 0.717) is 19.8 Å². The molecule has 0 saturated carbocycles. The fourth-order valence-corrected chi connectivity index (χ4v) is 3.28. The third-order valence-corrected chi connectivity index (χ3v) is 4.15.